The van der Waals surface area contributed by atoms with E-state index < -0.39 is 0 Å². The zero-order valence-electron chi connectivity index (χ0n) is 16.0. The minimum atomic E-state index is -0.240. The molecule has 8 nitrogen and oxygen atoms in total. The minimum Gasteiger partial charge on any atom is -0.326 e. The van der Waals surface area contributed by atoms with Crippen LogP contribution in [0.1, 0.15) is 20.9 Å². The molecular weight excluding hydrogens is 456 g/mol. The van der Waals surface area contributed by atoms with Crippen molar-refractivity contribution in [3.63, 3.8) is 0 Å². The fourth-order valence-corrected chi connectivity index (χ4v) is 4.84. The number of thiophene rings is 1. The van der Waals surface area contributed by atoms with Crippen LogP contribution in [-0.4, -0.2) is 38.6 Å². The number of carbonyl (C=O) groups is 4. The van der Waals surface area contributed by atoms with E-state index in [1.807, 2.05) is 5.38 Å². The van der Waals surface area contributed by atoms with Gasteiger partial charge < -0.3 is 5.32 Å². The predicted molar refractivity (Wildman–Crippen MR) is 122 cm³/mol. The van der Waals surface area contributed by atoms with E-state index >= 15 is 0 Å². The average Bonchev–Trinajstić information content (AvgIpc) is 3.49. The summed E-state index contributed by atoms with van der Waals surface area (Å²) in [6.07, 6.45) is 0.0706. The molecule has 31 heavy (non-hydrogen) atoms. The Bertz CT molecular complexity index is 1110. The van der Waals surface area contributed by atoms with Gasteiger partial charge in [-0.05, 0) is 29.1 Å². The highest BCUT2D eigenvalue weighted by atomic mass is 32.2. The van der Waals surface area contributed by atoms with Crippen LogP contribution in [0, 0.1) is 0 Å². The molecule has 4 amide bonds. The van der Waals surface area contributed by atoms with Crippen LogP contribution in [0.25, 0.3) is 0 Å². The van der Waals surface area contributed by atoms with Crippen LogP contribution in [0.5, 0.6) is 0 Å². The molecule has 0 radical (unpaired) electrons. The Labute approximate surface area is 189 Å². The van der Waals surface area contributed by atoms with E-state index in [0.29, 0.717) is 21.4 Å². The van der Waals surface area contributed by atoms with Gasteiger partial charge in [-0.3, -0.25) is 29.4 Å². The molecule has 0 bridgehead atoms. The van der Waals surface area contributed by atoms with E-state index in [0.717, 1.165) is 17.3 Å². The number of carbonyl (C=O) groups excluding carboxylic acids is 4. The summed E-state index contributed by atoms with van der Waals surface area (Å²) in [7, 11) is 0. The maximum absolute atomic E-state index is 12.3. The maximum atomic E-state index is 12.3. The Morgan fingerprint density at radius 3 is 2.55 bits per heavy atom. The first-order chi connectivity index (χ1) is 15.0. The van der Waals surface area contributed by atoms with Gasteiger partial charge in [0.15, 0.2) is 5.13 Å². The molecule has 0 aliphatic carbocycles. The second kappa shape index (κ2) is 9.41. The van der Waals surface area contributed by atoms with Gasteiger partial charge in [-0.1, -0.05) is 30.0 Å². The molecule has 4 rings (SSSR count). The molecular formula is C20H16N4O4S3. The number of benzene rings is 1. The van der Waals surface area contributed by atoms with Gasteiger partial charge in [0.2, 0.25) is 11.8 Å². The predicted octanol–water partition coefficient (Wildman–Crippen LogP) is 3.83. The van der Waals surface area contributed by atoms with Gasteiger partial charge in [0.05, 0.1) is 29.3 Å². The SMILES string of the molecule is O=C(Cc1csc(NC(=O)c2cccs2)n1)Nc1ccc(CN2C(=O)CSC2=O)cc1. The summed E-state index contributed by atoms with van der Waals surface area (Å²) >= 11 is 3.61. The quantitative estimate of drug-likeness (QED) is 0.541. The second-order valence-corrected chi connectivity index (χ2v) is 9.26. The van der Waals surface area contributed by atoms with Crippen molar-refractivity contribution in [1.82, 2.24) is 9.88 Å². The smallest absolute Gasteiger partial charge is 0.289 e. The molecule has 0 unspecified atom stereocenters. The van der Waals surface area contributed by atoms with E-state index in [1.165, 1.54) is 27.6 Å². The first-order valence-electron chi connectivity index (χ1n) is 9.13. The normalized spacial score (nSPS) is 13.5. The fraction of sp³-hybridized carbons (Fsp3) is 0.150. The van der Waals surface area contributed by atoms with Crippen molar-refractivity contribution >= 4 is 68.2 Å². The molecule has 2 N–H and O–H groups in total. The van der Waals surface area contributed by atoms with Crippen LogP contribution < -0.4 is 10.6 Å². The monoisotopic (exact) mass is 472 g/mol. The molecule has 158 valence electrons. The maximum Gasteiger partial charge on any atom is 0.289 e. The molecule has 3 heterocycles. The van der Waals surface area contributed by atoms with Gasteiger partial charge in [0.25, 0.3) is 11.1 Å². The lowest BCUT2D eigenvalue weighted by Crippen LogP contribution is -2.27. The number of nitrogens with one attached hydrogen (secondary N) is 2. The summed E-state index contributed by atoms with van der Waals surface area (Å²) in [4.78, 5) is 53.9. The molecule has 0 atom stereocenters. The van der Waals surface area contributed by atoms with E-state index in [1.54, 1.807) is 41.8 Å². The highest BCUT2D eigenvalue weighted by molar-refractivity contribution is 8.14. The zero-order valence-corrected chi connectivity index (χ0v) is 18.4. The third-order valence-corrected chi connectivity index (χ3v) is 6.81. The summed E-state index contributed by atoms with van der Waals surface area (Å²) in [6.45, 7) is 0.220. The Balaban J connectivity index is 1.29. The van der Waals surface area contributed by atoms with Crippen LogP contribution in [0.4, 0.5) is 15.6 Å². The van der Waals surface area contributed by atoms with Crippen LogP contribution in [-0.2, 0) is 22.6 Å². The van der Waals surface area contributed by atoms with Crippen molar-refractivity contribution < 1.29 is 19.2 Å². The van der Waals surface area contributed by atoms with Crippen molar-refractivity contribution in [2.24, 2.45) is 0 Å². The first-order valence-corrected chi connectivity index (χ1v) is 11.9. The van der Waals surface area contributed by atoms with E-state index in [-0.39, 0.29) is 41.7 Å². The first kappa shape index (κ1) is 21.2. The number of aromatic nitrogens is 1. The summed E-state index contributed by atoms with van der Waals surface area (Å²) in [5, 5.41) is 9.27. The van der Waals surface area contributed by atoms with Crippen LogP contribution in [0.15, 0.2) is 47.2 Å². The summed E-state index contributed by atoms with van der Waals surface area (Å²) in [5.74, 6) is -0.475. The highest BCUT2D eigenvalue weighted by Crippen LogP contribution is 2.22. The van der Waals surface area contributed by atoms with E-state index in [9.17, 15) is 19.2 Å². The summed E-state index contributed by atoms with van der Waals surface area (Å²) in [6, 6.07) is 10.5. The Kier molecular flexibility index (Phi) is 6.44. The molecule has 1 aromatic carbocycles. The summed E-state index contributed by atoms with van der Waals surface area (Å²) in [5.41, 5.74) is 1.96. The Hall–Kier alpha value is -3.02. The third kappa shape index (κ3) is 5.37. The number of imide groups is 1. The van der Waals surface area contributed by atoms with Gasteiger partial charge in [-0.15, -0.1) is 22.7 Å². The Morgan fingerprint density at radius 2 is 1.87 bits per heavy atom. The largest absolute Gasteiger partial charge is 0.326 e. The van der Waals surface area contributed by atoms with E-state index in [4.69, 9.17) is 0 Å². The molecule has 2 aromatic heterocycles. The van der Waals surface area contributed by atoms with Crippen LogP contribution in [0.2, 0.25) is 0 Å². The molecule has 1 aliphatic heterocycles. The highest BCUT2D eigenvalue weighted by Gasteiger charge is 2.29. The van der Waals surface area contributed by atoms with Crippen molar-refractivity contribution in [3.8, 4) is 0 Å². The Morgan fingerprint density at radius 1 is 1.06 bits per heavy atom. The van der Waals surface area contributed by atoms with E-state index in [2.05, 4.69) is 15.6 Å². The third-order valence-electron chi connectivity index (χ3n) is 4.28. The van der Waals surface area contributed by atoms with Crippen molar-refractivity contribution in [3.05, 3.63) is 63.3 Å². The number of thioether (sulfide) groups is 1. The molecule has 11 heteroatoms. The molecule has 1 saturated heterocycles. The lowest BCUT2D eigenvalue weighted by Gasteiger charge is -2.13. The number of amides is 4. The molecule has 1 aliphatic rings. The second-order valence-electron chi connectivity index (χ2n) is 6.53. The minimum absolute atomic E-state index is 0.0706. The average molecular weight is 473 g/mol. The van der Waals surface area contributed by atoms with Gasteiger partial charge in [0, 0.05) is 11.1 Å². The summed E-state index contributed by atoms with van der Waals surface area (Å²) < 4.78 is 0. The molecule has 1 fully saturated rings. The lowest BCUT2D eigenvalue weighted by atomic mass is 10.2. The van der Waals surface area contributed by atoms with Crippen molar-refractivity contribution in [2.75, 3.05) is 16.4 Å². The van der Waals surface area contributed by atoms with Gasteiger partial charge in [0.1, 0.15) is 0 Å². The standard InChI is InChI=1S/C20H16N4O4S3/c25-16(8-14-10-30-19(22-14)23-18(27)15-2-1-7-29-15)21-13-5-3-12(4-6-13)9-24-17(26)11-31-20(24)28/h1-7,10H,8-9,11H2,(H,21,25)(H,22,23,27). The lowest BCUT2D eigenvalue weighted by molar-refractivity contribution is -0.125. The van der Waals surface area contributed by atoms with Gasteiger partial charge in [-0.25, -0.2) is 4.98 Å². The van der Waals surface area contributed by atoms with Crippen molar-refractivity contribution in [1.29, 1.82) is 0 Å². The molecule has 0 spiro atoms. The number of thiazole rings is 1. The van der Waals surface area contributed by atoms with Crippen LogP contribution >= 0.6 is 34.4 Å². The fourth-order valence-electron chi connectivity index (χ4n) is 2.79. The molecule has 0 saturated carbocycles. The molecule has 3 aromatic rings. The number of rotatable bonds is 7. The number of hydrogen-bond donors (Lipinski definition) is 2. The number of anilines is 2. The van der Waals surface area contributed by atoms with Crippen molar-refractivity contribution in [2.45, 2.75) is 13.0 Å². The van der Waals surface area contributed by atoms with Crippen LogP contribution in [0.3, 0.4) is 0 Å². The van der Waals surface area contributed by atoms with Gasteiger partial charge in [-0.2, -0.15) is 0 Å². The number of hydrogen-bond acceptors (Lipinski definition) is 8. The topological polar surface area (TPSA) is 108 Å². The number of nitrogens with zero attached hydrogens (tertiary/aromatic N) is 2. The van der Waals surface area contributed by atoms with Gasteiger partial charge >= 0.3 is 0 Å². The zero-order chi connectivity index (χ0) is 21.8.